The largest absolute Gasteiger partial charge is 0.340 e. The molecule has 0 bridgehead atoms. The molecule has 0 aromatic carbocycles. The second kappa shape index (κ2) is 5.83. The first-order valence-corrected chi connectivity index (χ1v) is 6.84. The highest BCUT2D eigenvalue weighted by atomic mass is 16.2. The third-order valence-electron chi connectivity index (χ3n) is 3.92. The summed E-state index contributed by atoms with van der Waals surface area (Å²) in [6, 6.07) is 0. The first-order valence-electron chi connectivity index (χ1n) is 6.84. The predicted molar refractivity (Wildman–Crippen MR) is 68.8 cm³/mol. The fraction of sp³-hybridized carbons (Fsp3) is 0.923. The lowest BCUT2D eigenvalue weighted by molar-refractivity contribution is -0.131. The highest BCUT2D eigenvalue weighted by Crippen LogP contribution is 2.37. The molecule has 2 fully saturated rings. The molecule has 0 spiro atoms. The smallest absolute Gasteiger partial charge is 0.236 e. The van der Waals surface area contributed by atoms with Gasteiger partial charge in [-0.05, 0) is 38.3 Å². The van der Waals surface area contributed by atoms with Crippen molar-refractivity contribution in [3.05, 3.63) is 0 Å². The molecule has 1 amide bonds. The van der Waals surface area contributed by atoms with E-state index in [1.165, 1.54) is 6.42 Å². The van der Waals surface area contributed by atoms with Gasteiger partial charge in [-0.25, -0.2) is 0 Å². The van der Waals surface area contributed by atoms with E-state index in [0.29, 0.717) is 12.5 Å². The van der Waals surface area contributed by atoms with Crippen LogP contribution in [0.15, 0.2) is 0 Å². The molecule has 1 heterocycles. The van der Waals surface area contributed by atoms with E-state index in [2.05, 4.69) is 24.2 Å². The minimum atomic E-state index is 0.296. The summed E-state index contributed by atoms with van der Waals surface area (Å²) in [5.74, 6) is 2.00. The van der Waals surface area contributed by atoms with E-state index in [0.717, 1.165) is 51.0 Å². The zero-order valence-corrected chi connectivity index (χ0v) is 11.1. The molecule has 4 heteroatoms. The Balaban J connectivity index is 1.71. The number of nitrogens with zero attached hydrogens (tertiary/aromatic N) is 2. The highest BCUT2D eigenvalue weighted by Gasteiger charge is 2.33. The fourth-order valence-electron chi connectivity index (χ4n) is 2.54. The van der Waals surface area contributed by atoms with Gasteiger partial charge in [-0.15, -0.1) is 0 Å². The molecule has 1 N–H and O–H groups in total. The van der Waals surface area contributed by atoms with Crippen molar-refractivity contribution >= 4 is 5.91 Å². The molecule has 2 atom stereocenters. The lowest BCUT2D eigenvalue weighted by atomic mass is 10.3. The average Bonchev–Trinajstić information content (AvgIpc) is 3.01. The maximum absolute atomic E-state index is 12.1. The van der Waals surface area contributed by atoms with Crippen molar-refractivity contribution < 1.29 is 4.79 Å². The number of nitrogens with one attached hydrogen (secondary N) is 1. The SMILES string of the molecule is CC1CC1CN(C)CC(=O)N1CCCNCC1. The third-order valence-corrected chi connectivity index (χ3v) is 3.92. The predicted octanol–water partition coefficient (Wildman–Crippen LogP) is 0.396. The summed E-state index contributed by atoms with van der Waals surface area (Å²) >= 11 is 0. The number of rotatable bonds is 4. The monoisotopic (exact) mass is 239 g/mol. The van der Waals surface area contributed by atoms with Gasteiger partial charge in [0, 0.05) is 26.2 Å². The Morgan fingerprint density at radius 2 is 2.18 bits per heavy atom. The molecular formula is C13H25N3O. The van der Waals surface area contributed by atoms with Gasteiger partial charge in [0.15, 0.2) is 0 Å². The lowest BCUT2D eigenvalue weighted by Gasteiger charge is -2.23. The Hall–Kier alpha value is -0.610. The van der Waals surface area contributed by atoms with Crippen molar-refractivity contribution in [1.82, 2.24) is 15.1 Å². The Morgan fingerprint density at radius 1 is 1.41 bits per heavy atom. The summed E-state index contributed by atoms with van der Waals surface area (Å²) < 4.78 is 0. The minimum Gasteiger partial charge on any atom is -0.340 e. The van der Waals surface area contributed by atoms with Gasteiger partial charge in [0.25, 0.3) is 0 Å². The molecule has 0 radical (unpaired) electrons. The molecule has 1 aliphatic heterocycles. The summed E-state index contributed by atoms with van der Waals surface area (Å²) in [6.45, 7) is 7.73. The number of amides is 1. The van der Waals surface area contributed by atoms with Crippen LogP contribution in [-0.4, -0.2) is 62.0 Å². The molecule has 0 aromatic heterocycles. The number of hydrogen-bond acceptors (Lipinski definition) is 3. The number of carbonyl (C=O) groups excluding carboxylic acids is 1. The molecular weight excluding hydrogens is 214 g/mol. The molecule has 2 unspecified atom stereocenters. The maximum Gasteiger partial charge on any atom is 0.236 e. The van der Waals surface area contributed by atoms with Gasteiger partial charge >= 0.3 is 0 Å². The van der Waals surface area contributed by atoms with Crippen LogP contribution in [0.1, 0.15) is 19.8 Å². The van der Waals surface area contributed by atoms with Crippen LogP contribution in [0.2, 0.25) is 0 Å². The van der Waals surface area contributed by atoms with Crippen LogP contribution in [0.4, 0.5) is 0 Å². The van der Waals surface area contributed by atoms with Crippen LogP contribution in [0.3, 0.4) is 0 Å². The van der Waals surface area contributed by atoms with Crippen LogP contribution in [-0.2, 0) is 4.79 Å². The third kappa shape index (κ3) is 3.96. The van der Waals surface area contributed by atoms with E-state index in [1.807, 2.05) is 4.90 Å². The van der Waals surface area contributed by atoms with Crippen molar-refractivity contribution in [2.24, 2.45) is 11.8 Å². The van der Waals surface area contributed by atoms with Gasteiger partial charge in [-0.2, -0.15) is 0 Å². The van der Waals surface area contributed by atoms with Crippen LogP contribution >= 0.6 is 0 Å². The molecule has 17 heavy (non-hydrogen) atoms. The summed E-state index contributed by atoms with van der Waals surface area (Å²) in [7, 11) is 2.07. The summed E-state index contributed by atoms with van der Waals surface area (Å²) in [5, 5.41) is 3.33. The number of likely N-dealkylation sites (N-methyl/N-ethyl adjacent to an activating group) is 1. The summed E-state index contributed by atoms with van der Waals surface area (Å²) in [5.41, 5.74) is 0. The molecule has 1 saturated heterocycles. The van der Waals surface area contributed by atoms with Crippen LogP contribution in [0.5, 0.6) is 0 Å². The Labute approximate surface area is 104 Å². The van der Waals surface area contributed by atoms with Crippen LogP contribution < -0.4 is 5.32 Å². The maximum atomic E-state index is 12.1. The molecule has 1 aliphatic carbocycles. The zero-order valence-electron chi connectivity index (χ0n) is 11.1. The van der Waals surface area contributed by atoms with E-state index in [9.17, 15) is 4.79 Å². The van der Waals surface area contributed by atoms with Crippen LogP contribution in [0, 0.1) is 11.8 Å². The van der Waals surface area contributed by atoms with Crippen molar-refractivity contribution in [2.75, 3.05) is 46.3 Å². The average molecular weight is 239 g/mol. The molecule has 1 saturated carbocycles. The minimum absolute atomic E-state index is 0.296. The fourth-order valence-corrected chi connectivity index (χ4v) is 2.54. The second-order valence-electron chi connectivity index (χ2n) is 5.65. The molecule has 2 rings (SSSR count). The van der Waals surface area contributed by atoms with Crippen molar-refractivity contribution in [2.45, 2.75) is 19.8 Å². The topological polar surface area (TPSA) is 35.6 Å². The van der Waals surface area contributed by atoms with Gasteiger partial charge < -0.3 is 10.2 Å². The number of hydrogen-bond donors (Lipinski definition) is 1. The van der Waals surface area contributed by atoms with Gasteiger partial charge in [0.05, 0.1) is 6.54 Å². The van der Waals surface area contributed by atoms with E-state index in [4.69, 9.17) is 0 Å². The van der Waals surface area contributed by atoms with Gasteiger partial charge in [-0.3, -0.25) is 9.69 Å². The Morgan fingerprint density at radius 3 is 2.88 bits per heavy atom. The Kier molecular flexibility index (Phi) is 4.40. The van der Waals surface area contributed by atoms with E-state index < -0.39 is 0 Å². The molecule has 0 aromatic rings. The van der Waals surface area contributed by atoms with E-state index in [1.54, 1.807) is 0 Å². The van der Waals surface area contributed by atoms with Gasteiger partial charge in [-0.1, -0.05) is 6.92 Å². The highest BCUT2D eigenvalue weighted by molar-refractivity contribution is 5.78. The molecule has 4 nitrogen and oxygen atoms in total. The summed E-state index contributed by atoms with van der Waals surface area (Å²) in [6.07, 6.45) is 2.42. The Bertz CT molecular complexity index is 261. The van der Waals surface area contributed by atoms with E-state index >= 15 is 0 Å². The lowest BCUT2D eigenvalue weighted by Crippen LogP contribution is -2.41. The molecule has 98 valence electrons. The molecule has 2 aliphatic rings. The number of carbonyl (C=O) groups is 1. The van der Waals surface area contributed by atoms with Gasteiger partial charge in [0.1, 0.15) is 0 Å². The normalized spacial score (nSPS) is 29.2. The standard InChI is InChI=1S/C13H25N3O/c1-11-8-12(11)9-15(2)10-13(17)16-6-3-4-14-5-7-16/h11-12,14H,3-10H2,1-2H3. The van der Waals surface area contributed by atoms with Crippen molar-refractivity contribution in [1.29, 1.82) is 0 Å². The summed E-state index contributed by atoms with van der Waals surface area (Å²) in [4.78, 5) is 16.3. The first-order chi connectivity index (χ1) is 8.16. The van der Waals surface area contributed by atoms with E-state index in [-0.39, 0.29) is 0 Å². The van der Waals surface area contributed by atoms with Crippen molar-refractivity contribution in [3.63, 3.8) is 0 Å². The van der Waals surface area contributed by atoms with Gasteiger partial charge in [0.2, 0.25) is 5.91 Å². The van der Waals surface area contributed by atoms with Crippen molar-refractivity contribution in [3.8, 4) is 0 Å². The van der Waals surface area contributed by atoms with Crippen LogP contribution in [0.25, 0.3) is 0 Å². The quantitative estimate of drug-likeness (QED) is 0.771. The zero-order chi connectivity index (χ0) is 12.3. The first kappa shape index (κ1) is 12.8. The second-order valence-corrected chi connectivity index (χ2v) is 5.65.